The molecule has 136 valence electrons. The number of benzene rings is 1. The maximum absolute atomic E-state index is 12.9. The van der Waals surface area contributed by atoms with Crippen molar-refractivity contribution < 1.29 is 4.79 Å². The second kappa shape index (κ2) is 7.25. The Morgan fingerprint density at radius 2 is 2.04 bits per heavy atom. The molecule has 1 amide bonds. The quantitative estimate of drug-likeness (QED) is 0.735. The molecule has 8 heteroatoms. The molecule has 0 unspecified atom stereocenters. The van der Waals surface area contributed by atoms with Crippen molar-refractivity contribution in [3.63, 3.8) is 0 Å². The third-order valence-electron chi connectivity index (χ3n) is 3.93. The number of nitrogens with zero attached hydrogens (tertiary/aromatic N) is 3. The highest BCUT2D eigenvalue weighted by Gasteiger charge is 2.17. The third-order valence-corrected chi connectivity index (χ3v) is 4.54. The maximum atomic E-state index is 12.9. The van der Waals surface area contributed by atoms with Crippen LogP contribution in [-0.4, -0.2) is 25.5 Å². The van der Waals surface area contributed by atoms with Gasteiger partial charge in [0.15, 0.2) is 5.52 Å². The zero-order valence-electron chi connectivity index (χ0n) is 14.9. The molecule has 26 heavy (non-hydrogen) atoms. The van der Waals surface area contributed by atoms with Gasteiger partial charge in [0.2, 0.25) is 5.91 Å². The van der Waals surface area contributed by atoms with Crippen molar-refractivity contribution in [2.24, 2.45) is 0 Å². The van der Waals surface area contributed by atoms with Gasteiger partial charge < -0.3 is 5.32 Å². The van der Waals surface area contributed by atoms with E-state index in [1.165, 1.54) is 4.57 Å². The topological polar surface area (TPSA) is 86.0 Å². The van der Waals surface area contributed by atoms with Crippen LogP contribution in [0.3, 0.4) is 0 Å². The Balaban J connectivity index is 2.10. The van der Waals surface area contributed by atoms with E-state index < -0.39 is 11.2 Å². The molecule has 0 bridgehead atoms. The van der Waals surface area contributed by atoms with Gasteiger partial charge in [0.25, 0.3) is 5.56 Å². The summed E-state index contributed by atoms with van der Waals surface area (Å²) in [6.07, 6.45) is 0. The number of nitrogens with one attached hydrogen (secondary N) is 1. The van der Waals surface area contributed by atoms with Crippen molar-refractivity contribution in [3.05, 3.63) is 61.6 Å². The molecular formula is C18H20N4O3S. The minimum atomic E-state index is -0.511. The highest BCUT2D eigenvalue weighted by Crippen LogP contribution is 2.11. The second-order valence-electron chi connectivity index (χ2n) is 6.52. The van der Waals surface area contributed by atoms with Crippen LogP contribution in [0.2, 0.25) is 0 Å². The molecule has 1 N–H and O–H groups in total. The van der Waals surface area contributed by atoms with Gasteiger partial charge >= 0.3 is 5.69 Å². The summed E-state index contributed by atoms with van der Waals surface area (Å²) in [6.45, 7) is 5.63. The van der Waals surface area contributed by atoms with Crippen LogP contribution in [0.25, 0.3) is 11.0 Å². The summed E-state index contributed by atoms with van der Waals surface area (Å²) in [5.41, 5.74) is 1.54. The van der Waals surface area contributed by atoms with E-state index in [0.717, 1.165) is 27.2 Å². The fraction of sp³-hybridized carbons (Fsp3) is 0.333. The first-order valence-electron chi connectivity index (χ1n) is 8.29. The van der Waals surface area contributed by atoms with Crippen molar-refractivity contribution in [1.82, 2.24) is 18.8 Å². The van der Waals surface area contributed by atoms with Gasteiger partial charge in [-0.15, -0.1) is 0 Å². The molecule has 7 nitrogen and oxygen atoms in total. The van der Waals surface area contributed by atoms with Gasteiger partial charge in [0, 0.05) is 11.4 Å². The monoisotopic (exact) mass is 372 g/mol. The number of rotatable bonds is 5. The summed E-state index contributed by atoms with van der Waals surface area (Å²) < 4.78 is 6.58. The lowest BCUT2D eigenvalue weighted by molar-refractivity contribution is -0.122. The van der Waals surface area contributed by atoms with Crippen LogP contribution in [-0.2, 0) is 17.9 Å². The fourth-order valence-corrected chi connectivity index (χ4v) is 3.50. The Morgan fingerprint density at radius 3 is 2.73 bits per heavy atom. The minimum absolute atomic E-state index is 0.0347. The Hall–Kier alpha value is -2.74. The van der Waals surface area contributed by atoms with Crippen LogP contribution < -0.4 is 16.6 Å². The smallest absolute Gasteiger partial charge is 0.332 e. The highest BCUT2D eigenvalue weighted by molar-refractivity contribution is 7.04. The average Bonchev–Trinajstić information content (AvgIpc) is 3.04. The van der Waals surface area contributed by atoms with E-state index in [9.17, 15) is 14.4 Å². The molecule has 2 heterocycles. The van der Waals surface area contributed by atoms with Crippen LogP contribution in [0.15, 0.2) is 39.2 Å². The lowest BCUT2D eigenvalue weighted by atomic mass is 10.1. The molecule has 0 radical (unpaired) electrons. The van der Waals surface area contributed by atoms with Crippen LogP contribution >= 0.6 is 11.5 Å². The highest BCUT2D eigenvalue weighted by atomic mass is 32.1. The third kappa shape index (κ3) is 3.60. The van der Waals surface area contributed by atoms with E-state index in [0.29, 0.717) is 5.52 Å². The van der Waals surface area contributed by atoms with Gasteiger partial charge in [0.1, 0.15) is 6.54 Å². The van der Waals surface area contributed by atoms with Crippen molar-refractivity contribution in [2.45, 2.75) is 39.9 Å². The van der Waals surface area contributed by atoms with Crippen LogP contribution in [0.5, 0.6) is 0 Å². The molecule has 0 aliphatic heterocycles. The normalized spacial score (nSPS) is 11.2. The summed E-state index contributed by atoms with van der Waals surface area (Å²) >= 11 is 1.09. The number of aromatic nitrogens is 3. The first-order chi connectivity index (χ1) is 12.4. The van der Waals surface area contributed by atoms with Crippen molar-refractivity contribution in [1.29, 1.82) is 0 Å². The molecule has 1 aromatic carbocycles. The predicted octanol–water partition coefficient (Wildman–Crippen LogP) is 1.50. The fourth-order valence-electron chi connectivity index (χ4n) is 2.83. The first kappa shape index (κ1) is 18.1. The lowest BCUT2D eigenvalue weighted by Crippen LogP contribution is -2.43. The van der Waals surface area contributed by atoms with Crippen molar-refractivity contribution in [3.8, 4) is 0 Å². The standard InChI is InChI=1S/C18H20N4O3S/c1-11(2)19-15(23)9-21-14-10-26-20-16(14)17(24)22(18(21)25)8-13-6-4-5-12(3)7-13/h4-7,10-11H,8-9H2,1-3H3,(H,19,23). The van der Waals surface area contributed by atoms with Gasteiger partial charge in [-0.25, -0.2) is 4.79 Å². The number of carbonyl (C=O) groups excluding carboxylic acids is 1. The molecule has 2 aromatic heterocycles. The zero-order valence-corrected chi connectivity index (χ0v) is 15.7. The van der Waals surface area contributed by atoms with E-state index in [1.807, 2.05) is 45.0 Å². The number of carbonyl (C=O) groups is 1. The molecule has 0 saturated heterocycles. The van der Waals surface area contributed by atoms with E-state index in [4.69, 9.17) is 0 Å². The average molecular weight is 372 g/mol. The lowest BCUT2D eigenvalue weighted by Gasteiger charge is -2.13. The van der Waals surface area contributed by atoms with Gasteiger partial charge in [-0.1, -0.05) is 29.8 Å². The molecule has 0 atom stereocenters. The summed E-state index contributed by atoms with van der Waals surface area (Å²) in [7, 11) is 0. The van der Waals surface area contributed by atoms with Crippen LogP contribution in [0.1, 0.15) is 25.0 Å². The zero-order chi connectivity index (χ0) is 18.8. The maximum Gasteiger partial charge on any atom is 0.332 e. The molecule has 0 fully saturated rings. The Morgan fingerprint density at radius 1 is 1.27 bits per heavy atom. The van der Waals surface area contributed by atoms with Gasteiger partial charge in [-0.3, -0.25) is 18.7 Å². The van der Waals surface area contributed by atoms with E-state index in [1.54, 1.807) is 5.38 Å². The van der Waals surface area contributed by atoms with E-state index >= 15 is 0 Å². The minimum Gasteiger partial charge on any atom is -0.352 e. The Labute approximate surface area is 154 Å². The van der Waals surface area contributed by atoms with Crippen molar-refractivity contribution in [2.75, 3.05) is 0 Å². The number of aryl methyl sites for hydroxylation is 1. The Kier molecular flexibility index (Phi) is 5.03. The summed E-state index contributed by atoms with van der Waals surface area (Å²) in [4.78, 5) is 37.8. The Bertz CT molecular complexity index is 1080. The molecule has 0 aliphatic rings. The largest absolute Gasteiger partial charge is 0.352 e. The van der Waals surface area contributed by atoms with E-state index in [2.05, 4.69) is 9.69 Å². The van der Waals surface area contributed by atoms with Crippen LogP contribution in [0.4, 0.5) is 0 Å². The summed E-state index contributed by atoms with van der Waals surface area (Å²) in [5, 5.41) is 4.39. The number of hydrogen-bond donors (Lipinski definition) is 1. The molecule has 0 saturated carbocycles. The van der Waals surface area contributed by atoms with Gasteiger partial charge in [-0.05, 0) is 37.9 Å². The van der Waals surface area contributed by atoms with E-state index in [-0.39, 0.29) is 30.6 Å². The summed E-state index contributed by atoms with van der Waals surface area (Å²) in [6, 6.07) is 7.58. The van der Waals surface area contributed by atoms with Crippen molar-refractivity contribution >= 4 is 28.5 Å². The molecule has 3 aromatic rings. The molecular weight excluding hydrogens is 352 g/mol. The first-order valence-corrected chi connectivity index (χ1v) is 9.13. The summed E-state index contributed by atoms with van der Waals surface area (Å²) in [5.74, 6) is -0.282. The SMILES string of the molecule is Cc1cccc(Cn2c(=O)c3nscc3n(CC(=O)NC(C)C)c2=O)c1. The number of amides is 1. The van der Waals surface area contributed by atoms with Gasteiger partial charge in [-0.2, -0.15) is 4.37 Å². The van der Waals surface area contributed by atoms with Crippen LogP contribution in [0, 0.1) is 6.92 Å². The second-order valence-corrected chi connectivity index (χ2v) is 7.15. The number of hydrogen-bond acceptors (Lipinski definition) is 5. The molecule has 0 aliphatic carbocycles. The number of fused-ring (bicyclic) bond motifs is 1. The van der Waals surface area contributed by atoms with Gasteiger partial charge in [0.05, 0.1) is 12.1 Å². The molecule has 3 rings (SSSR count). The molecule has 0 spiro atoms. The predicted molar refractivity (Wildman–Crippen MR) is 102 cm³/mol.